The van der Waals surface area contributed by atoms with Crippen molar-refractivity contribution in [1.29, 1.82) is 0 Å². The molecule has 0 aromatic heterocycles. The van der Waals surface area contributed by atoms with Gasteiger partial charge in [-0.15, -0.1) is 0 Å². The first-order chi connectivity index (χ1) is 9.69. The molecule has 1 aliphatic heterocycles. The Balaban J connectivity index is 1.69. The second-order valence-corrected chi connectivity index (χ2v) is 5.00. The maximum atomic E-state index is 12.7. The molecule has 0 spiro atoms. The molecular formula is C15H22FN3O. The van der Waals surface area contributed by atoms with Crippen molar-refractivity contribution in [3.8, 4) is 0 Å². The van der Waals surface area contributed by atoms with Gasteiger partial charge in [-0.25, -0.2) is 4.39 Å². The summed E-state index contributed by atoms with van der Waals surface area (Å²) in [4.78, 5) is 16.3. The molecule has 1 amide bonds. The summed E-state index contributed by atoms with van der Waals surface area (Å²) in [5, 5.41) is 3.14. The number of rotatable bonds is 5. The van der Waals surface area contributed by atoms with Gasteiger partial charge in [-0.3, -0.25) is 4.79 Å². The summed E-state index contributed by atoms with van der Waals surface area (Å²) in [6.45, 7) is 7.35. The first-order valence-electron chi connectivity index (χ1n) is 7.18. The number of halogens is 1. The number of amides is 1. The van der Waals surface area contributed by atoms with Crippen molar-refractivity contribution < 1.29 is 9.18 Å². The summed E-state index contributed by atoms with van der Waals surface area (Å²) in [6.07, 6.45) is 0.476. The van der Waals surface area contributed by atoms with E-state index in [4.69, 9.17) is 0 Å². The van der Waals surface area contributed by atoms with Gasteiger partial charge < -0.3 is 15.1 Å². The Labute approximate surface area is 119 Å². The number of benzene rings is 1. The van der Waals surface area contributed by atoms with E-state index in [2.05, 4.69) is 17.1 Å². The lowest BCUT2D eigenvalue weighted by Crippen LogP contribution is -2.48. The highest BCUT2D eigenvalue weighted by molar-refractivity contribution is 5.76. The lowest BCUT2D eigenvalue weighted by Gasteiger charge is -2.34. The summed E-state index contributed by atoms with van der Waals surface area (Å²) in [5.74, 6) is -0.0595. The third-order valence-electron chi connectivity index (χ3n) is 3.68. The van der Waals surface area contributed by atoms with E-state index < -0.39 is 0 Å². The molecule has 0 bridgehead atoms. The Hall–Kier alpha value is -1.62. The fourth-order valence-electron chi connectivity index (χ4n) is 2.35. The van der Waals surface area contributed by atoms with E-state index in [9.17, 15) is 9.18 Å². The van der Waals surface area contributed by atoms with Crippen molar-refractivity contribution in [2.45, 2.75) is 13.3 Å². The summed E-state index contributed by atoms with van der Waals surface area (Å²) in [5.41, 5.74) is 0.843. The standard InChI is InChI=1S/C15H22FN3O/c1-2-18-9-11-19(12-10-18)15(20)7-8-17-14-5-3-13(16)4-6-14/h3-6,17H,2,7-12H2,1H3. The van der Waals surface area contributed by atoms with E-state index >= 15 is 0 Å². The van der Waals surface area contributed by atoms with Gasteiger partial charge >= 0.3 is 0 Å². The fraction of sp³-hybridized carbons (Fsp3) is 0.533. The topological polar surface area (TPSA) is 35.6 Å². The average molecular weight is 279 g/mol. The number of carbonyl (C=O) groups excluding carboxylic acids is 1. The molecule has 1 fully saturated rings. The molecule has 0 aliphatic carbocycles. The quantitative estimate of drug-likeness (QED) is 0.892. The first-order valence-corrected chi connectivity index (χ1v) is 7.18. The Kier molecular flexibility index (Phi) is 5.35. The predicted octanol–water partition coefficient (Wildman–Crippen LogP) is 1.79. The number of piperazine rings is 1. The van der Waals surface area contributed by atoms with E-state index in [0.717, 1.165) is 38.4 Å². The van der Waals surface area contributed by atoms with E-state index in [1.165, 1.54) is 12.1 Å². The molecule has 1 aromatic rings. The van der Waals surface area contributed by atoms with Gasteiger partial charge in [0.05, 0.1) is 0 Å². The Morgan fingerprint density at radius 3 is 2.45 bits per heavy atom. The zero-order chi connectivity index (χ0) is 14.4. The fourth-order valence-corrected chi connectivity index (χ4v) is 2.35. The molecule has 1 N–H and O–H groups in total. The summed E-state index contributed by atoms with van der Waals surface area (Å²) in [7, 11) is 0. The number of carbonyl (C=O) groups is 1. The van der Waals surface area contributed by atoms with Crippen LogP contribution < -0.4 is 5.32 Å². The highest BCUT2D eigenvalue weighted by Crippen LogP contribution is 2.09. The Bertz CT molecular complexity index is 427. The Morgan fingerprint density at radius 2 is 1.85 bits per heavy atom. The first kappa shape index (κ1) is 14.8. The predicted molar refractivity (Wildman–Crippen MR) is 78.2 cm³/mol. The van der Waals surface area contributed by atoms with E-state index in [1.54, 1.807) is 12.1 Å². The van der Waals surface area contributed by atoms with Crippen LogP contribution in [0.1, 0.15) is 13.3 Å². The molecule has 110 valence electrons. The largest absolute Gasteiger partial charge is 0.385 e. The van der Waals surface area contributed by atoms with Gasteiger partial charge in [0.15, 0.2) is 0 Å². The van der Waals surface area contributed by atoms with Crippen molar-refractivity contribution in [3.63, 3.8) is 0 Å². The molecule has 0 saturated carbocycles. The second-order valence-electron chi connectivity index (χ2n) is 5.00. The molecule has 1 saturated heterocycles. The molecule has 0 unspecified atom stereocenters. The van der Waals surface area contributed by atoms with Crippen molar-refractivity contribution in [1.82, 2.24) is 9.80 Å². The van der Waals surface area contributed by atoms with Crippen molar-refractivity contribution in [3.05, 3.63) is 30.1 Å². The molecule has 1 aromatic carbocycles. The van der Waals surface area contributed by atoms with E-state index in [1.807, 2.05) is 4.90 Å². The molecule has 4 nitrogen and oxygen atoms in total. The molecule has 1 aliphatic rings. The van der Waals surface area contributed by atoms with Crippen LogP contribution in [-0.2, 0) is 4.79 Å². The number of hydrogen-bond acceptors (Lipinski definition) is 3. The second kappa shape index (κ2) is 7.24. The minimum absolute atomic E-state index is 0.190. The molecule has 5 heteroatoms. The lowest BCUT2D eigenvalue weighted by atomic mass is 10.2. The van der Waals surface area contributed by atoms with Crippen LogP contribution in [0.2, 0.25) is 0 Å². The third kappa shape index (κ3) is 4.20. The summed E-state index contributed by atoms with van der Waals surface area (Å²) < 4.78 is 12.7. The van der Waals surface area contributed by atoms with E-state index in [-0.39, 0.29) is 11.7 Å². The number of nitrogens with one attached hydrogen (secondary N) is 1. The zero-order valence-corrected chi connectivity index (χ0v) is 11.9. The van der Waals surface area contributed by atoms with Crippen molar-refractivity contribution in [2.75, 3.05) is 44.6 Å². The maximum absolute atomic E-state index is 12.7. The van der Waals surface area contributed by atoms with Crippen LogP contribution in [0.25, 0.3) is 0 Å². The summed E-state index contributed by atoms with van der Waals surface area (Å²) in [6, 6.07) is 6.18. The molecule has 0 radical (unpaired) electrons. The SMILES string of the molecule is CCN1CCN(C(=O)CCNc2ccc(F)cc2)CC1. The minimum Gasteiger partial charge on any atom is -0.385 e. The van der Waals surface area contributed by atoms with Gasteiger partial charge in [0.1, 0.15) is 5.82 Å². The van der Waals surface area contributed by atoms with Crippen LogP contribution >= 0.6 is 0 Å². The molecule has 0 atom stereocenters. The smallest absolute Gasteiger partial charge is 0.224 e. The number of nitrogens with zero attached hydrogens (tertiary/aromatic N) is 2. The molecule has 2 rings (SSSR count). The molecule has 20 heavy (non-hydrogen) atoms. The normalized spacial score (nSPS) is 16.2. The third-order valence-corrected chi connectivity index (χ3v) is 3.68. The number of hydrogen-bond donors (Lipinski definition) is 1. The van der Waals surface area contributed by atoms with Gasteiger partial charge in [0.2, 0.25) is 5.91 Å². The van der Waals surface area contributed by atoms with Gasteiger partial charge in [0, 0.05) is 44.8 Å². The molecular weight excluding hydrogens is 257 g/mol. The van der Waals surface area contributed by atoms with Crippen LogP contribution in [-0.4, -0.2) is 55.0 Å². The van der Waals surface area contributed by atoms with Gasteiger partial charge in [-0.2, -0.15) is 0 Å². The zero-order valence-electron chi connectivity index (χ0n) is 11.9. The average Bonchev–Trinajstić information content (AvgIpc) is 2.49. The Morgan fingerprint density at radius 1 is 1.20 bits per heavy atom. The highest BCUT2D eigenvalue weighted by Gasteiger charge is 2.19. The van der Waals surface area contributed by atoms with E-state index in [0.29, 0.717) is 13.0 Å². The van der Waals surface area contributed by atoms with Crippen molar-refractivity contribution >= 4 is 11.6 Å². The van der Waals surface area contributed by atoms with Crippen LogP contribution in [0.4, 0.5) is 10.1 Å². The van der Waals surface area contributed by atoms with Gasteiger partial charge in [-0.05, 0) is 30.8 Å². The minimum atomic E-state index is -0.250. The molecule has 1 heterocycles. The van der Waals surface area contributed by atoms with Crippen LogP contribution in [0, 0.1) is 5.82 Å². The van der Waals surface area contributed by atoms with Crippen LogP contribution in [0.5, 0.6) is 0 Å². The van der Waals surface area contributed by atoms with Gasteiger partial charge in [-0.1, -0.05) is 6.92 Å². The van der Waals surface area contributed by atoms with Crippen LogP contribution in [0.15, 0.2) is 24.3 Å². The number of anilines is 1. The van der Waals surface area contributed by atoms with Crippen LogP contribution in [0.3, 0.4) is 0 Å². The van der Waals surface area contributed by atoms with Gasteiger partial charge in [0.25, 0.3) is 0 Å². The van der Waals surface area contributed by atoms with Crippen molar-refractivity contribution in [2.24, 2.45) is 0 Å². The number of likely N-dealkylation sites (N-methyl/N-ethyl adjacent to an activating group) is 1. The monoisotopic (exact) mass is 279 g/mol. The lowest BCUT2D eigenvalue weighted by molar-refractivity contribution is -0.132. The maximum Gasteiger partial charge on any atom is 0.224 e. The highest BCUT2D eigenvalue weighted by atomic mass is 19.1. The summed E-state index contributed by atoms with van der Waals surface area (Å²) >= 11 is 0.